The fraction of sp³-hybridized carbons (Fsp3) is 0.312. The molecule has 1 aromatic heterocycles. The first kappa shape index (κ1) is 17.9. The van der Waals surface area contributed by atoms with Gasteiger partial charge in [0.1, 0.15) is 5.75 Å². The summed E-state index contributed by atoms with van der Waals surface area (Å²) in [6, 6.07) is 7.96. The van der Waals surface area contributed by atoms with Crippen molar-refractivity contribution in [3.05, 3.63) is 56.3 Å². The summed E-state index contributed by atoms with van der Waals surface area (Å²) in [4.78, 5) is 26.0. The minimum atomic E-state index is -0.537. The molecule has 2 rings (SSSR count). The monoisotopic (exact) mass is 349 g/mol. The maximum atomic E-state index is 12.5. The molecule has 7 nitrogen and oxygen atoms in total. The molecule has 1 unspecified atom stereocenters. The topological polar surface area (TPSA) is 84.7 Å². The van der Waals surface area contributed by atoms with Crippen LogP contribution in [0.15, 0.2) is 35.7 Å². The molecule has 0 aliphatic rings. The Morgan fingerprint density at radius 3 is 2.71 bits per heavy atom. The minimum absolute atomic E-state index is 0.0265. The van der Waals surface area contributed by atoms with Gasteiger partial charge in [0.15, 0.2) is 0 Å². The smallest absolute Gasteiger partial charge is 0.270 e. The SMILES string of the molecule is COc1ccc([N+](=O)[O-])cc1C(=O)NCC(c1cccs1)N(C)C. The maximum absolute atomic E-state index is 12.5. The second-order valence-electron chi connectivity index (χ2n) is 5.35. The third-order valence-electron chi connectivity index (χ3n) is 3.59. The molecule has 1 heterocycles. The molecule has 0 saturated carbocycles. The highest BCUT2D eigenvalue weighted by Gasteiger charge is 2.20. The lowest BCUT2D eigenvalue weighted by Gasteiger charge is -2.23. The Labute approximate surface area is 144 Å². The summed E-state index contributed by atoms with van der Waals surface area (Å²) in [6.07, 6.45) is 0. The van der Waals surface area contributed by atoms with Crippen molar-refractivity contribution in [2.75, 3.05) is 27.7 Å². The van der Waals surface area contributed by atoms with E-state index < -0.39 is 10.8 Å². The predicted molar refractivity (Wildman–Crippen MR) is 92.7 cm³/mol. The van der Waals surface area contributed by atoms with Crippen molar-refractivity contribution in [3.8, 4) is 5.75 Å². The van der Waals surface area contributed by atoms with Crippen LogP contribution in [0.3, 0.4) is 0 Å². The van der Waals surface area contributed by atoms with Gasteiger partial charge in [-0.25, -0.2) is 0 Å². The number of nitrogens with one attached hydrogen (secondary N) is 1. The number of likely N-dealkylation sites (N-methyl/N-ethyl adjacent to an activating group) is 1. The highest BCUT2D eigenvalue weighted by atomic mass is 32.1. The van der Waals surface area contributed by atoms with E-state index in [2.05, 4.69) is 5.32 Å². The van der Waals surface area contributed by atoms with Crippen molar-refractivity contribution in [2.45, 2.75) is 6.04 Å². The van der Waals surface area contributed by atoms with Gasteiger partial charge >= 0.3 is 0 Å². The zero-order valence-electron chi connectivity index (χ0n) is 13.7. The number of methoxy groups -OCH3 is 1. The van der Waals surface area contributed by atoms with E-state index in [4.69, 9.17) is 4.74 Å². The van der Waals surface area contributed by atoms with Gasteiger partial charge in [-0.1, -0.05) is 6.07 Å². The van der Waals surface area contributed by atoms with Crippen LogP contribution in [-0.2, 0) is 0 Å². The number of thiophene rings is 1. The Morgan fingerprint density at radius 1 is 1.42 bits per heavy atom. The average Bonchev–Trinajstić information content (AvgIpc) is 3.08. The van der Waals surface area contributed by atoms with Crippen molar-refractivity contribution in [2.24, 2.45) is 0 Å². The van der Waals surface area contributed by atoms with Gasteiger partial charge < -0.3 is 15.0 Å². The number of nitro benzene ring substituents is 1. The molecule has 0 radical (unpaired) electrons. The molecule has 24 heavy (non-hydrogen) atoms. The lowest BCUT2D eigenvalue weighted by atomic mass is 10.1. The molecular weight excluding hydrogens is 330 g/mol. The van der Waals surface area contributed by atoms with Crippen molar-refractivity contribution < 1.29 is 14.5 Å². The first-order valence-electron chi connectivity index (χ1n) is 7.24. The number of non-ortho nitro benzene ring substituents is 1. The maximum Gasteiger partial charge on any atom is 0.270 e. The standard InChI is InChI=1S/C16H19N3O4S/c1-18(2)13(15-5-4-8-24-15)10-17-16(20)12-9-11(19(21)22)6-7-14(12)23-3/h4-9,13H,10H2,1-3H3,(H,17,20). The molecule has 0 aliphatic carbocycles. The second-order valence-corrected chi connectivity index (χ2v) is 6.33. The van der Waals surface area contributed by atoms with Gasteiger partial charge in [0, 0.05) is 23.6 Å². The van der Waals surface area contributed by atoms with Crippen LogP contribution < -0.4 is 10.1 Å². The van der Waals surface area contributed by atoms with Crippen LogP contribution in [0.1, 0.15) is 21.3 Å². The van der Waals surface area contributed by atoms with E-state index in [1.807, 2.05) is 36.5 Å². The molecule has 1 aromatic carbocycles. The number of nitro groups is 1. The molecule has 0 fully saturated rings. The molecule has 128 valence electrons. The van der Waals surface area contributed by atoms with Crippen LogP contribution >= 0.6 is 11.3 Å². The Hall–Kier alpha value is -2.45. The summed E-state index contributed by atoms with van der Waals surface area (Å²) < 4.78 is 5.14. The van der Waals surface area contributed by atoms with Gasteiger partial charge in [-0.2, -0.15) is 0 Å². The highest BCUT2D eigenvalue weighted by molar-refractivity contribution is 7.10. The Kier molecular flexibility index (Phi) is 5.88. The van der Waals surface area contributed by atoms with Crippen LogP contribution in [0.4, 0.5) is 5.69 Å². The number of hydrogen-bond donors (Lipinski definition) is 1. The third kappa shape index (κ3) is 4.09. The first-order valence-corrected chi connectivity index (χ1v) is 8.12. The van der Waals surface area contributed by atoms with Crippen molar-refractivity contribution >= 4 is 22.9 Å². The second kappa shape index (κ2) is 7.89. The van der Waals surface area contributed by atoms with Gasteiger partial charge in [0.25, 0.3) is 11.6 Å². The average molecular weight is 349 g/mol. The zero-order valence-corrected chi connectivity index (χ0v) is 14.5. The molecular formula is C16H19N3O4S. The lowest BCUT2D eigenvalue weighted by molar-refractivity contribution is -0.384. The normalized spacial score (nSPS) is 12.0. The fourth-order valence-electron chi connectivity index (χ4n) is 2.29. The number of hydrogen-bond acceptors (Lipinski definition) is 6. The van der Waals surface area contributed by atoms with E-state index in [1.165, 1.54) is 25.3 Å². The van der Waals surface area contributed by atoms with Gasteiger partial charge in [0.05, 0.1) is 23.6 Å². The van der Waals surface area contributed by atoms with Crippen molar-refractivity contribution in [1.82, 2.24) is 10.2 Å². The fourth-order valence-corrected chi connectivity index (χ4v) is 3.21. The number of carbonyl (C=O) groups excluding carboxylic acids is 1. The van der Waals surface area contributed by atoms with E-state index >= 15 is 0 Å². The number of amides is 1. The Bertz CT molecular complexity index is 716. The summed E-state index contributed by atoms with van der Waals surface area (Å²) >= 11 is 1.61. The van der Waals surface area contributed by atoms with Crippen molar-refractivity contribution in [1.29, 1.82) is 0 Å². The van der Waals surface area contributed by atoms with Gasteiger partial charge in [-0.05, 0) is 31.6 Å². The van der Waals surface area contributed by atoms with Crippen molar-refractivity contribution in [3.63, 3.8) is 0 Å². The quantitative estimate of drug-likeness (QED) is 0.614. The summed E-state index contributed by atoms with van der Waals surface area (Å²) in [5.41, 5.74) is -0.00116. The molecule has 0 saturated heterocycles. The van der Waals surface area contributed by atoms with E-state index in [1.54, 1.807) is 11.3 Å². The molecule has 8 heteroatoms. The van der Waals surface area contributed by atoms with E-state index in [0.29, 0.717) is 12.3 Å². The highest BCUT2D eigenvalue weighted by Crippen LogP contribution is 2.25. The first-order chi connectivity index (χ1) is 11.4. The number of nitrogens with zero attached hydrogens (tertiary/aromatic N) is 2. The number of benzene rings is 1. The summed E-state index contributed by atoms with van der Waals surface area (Å²) in [7, 11) is 5.29. The van der Waals surface area contributed by atoms with E-state index in [-0.39, 0.29) is 17.3 Å². The lowest BCUT2D eigenvalue weighted by Crippen LogP contribution is -2.34. The van der Waals surface area contributed by atoms with Crippen LogP contribution in [-0.4, -0.2) is 43.5 Å². The molecule has 0 aliphatic heterocycles. The Balaban J connectivity index is 2.17. The van der Waals surface area contributed by atoms with E-state index in [9.17, 15) is 14.9 Å². The summed E-state index contributed by atoms with van der Waals surface area (Å²) in [5, 5.41) is 15.7. The Morgan fingerprint density at radius 2 is 2.17 bits per heavy atom. The number of ether oxygens (including phenoxy) is 1. The van der Waals surface area contributed by atoms with Crippen LogP contribution in [0.5, 0.6) is 5.75 Å². The van der Waals surface area contributed by atoms with Crippen LogP contribution in [0.2, 0.25) is 0 Å². The van der Waals surface area contributed by atoms with Gasteiger partial charge in [0.2, 0.25) is 0 Å². The summed E-state index contributed by atoms with van der Waals surface area (Å²) in [6.45, 7) is 0.387. The molecule has 1 N–H and O–H groups in total. The van der Waals surface area contributed by atoms with Gasteiger partial charge in [-0.15, -0.1) is 11.3 Å². The van der Waals surface area contributed by atoms with Gasteiger partial charge in [-0.3, -0.25) is 14.9 Å². The largest absolute Gasteiger partial charge is 0.496 e. The molecule has 0 spiro atoms. The number of rotatable bonds is 7. The summed E-state index contributed by atoms with van der Waals surface area (Å²) in [5.74, 6) is -0.102. The predicted octanol–water partition coefficient (Wildman–Crippen LogP) is 2.70. The number of carbonyl (C=O) groups is 1. The molecule has 2 aromatic rings. The van der Waals surface area contributed by atoms with Crippen LogP contribution in [0, 0.1) is 10.1 Å². The zero-order chi connectivity index (χ0) is 17.7. The minimum Gasteiger partial charge on any atom is -0.496 e. The van der Waals surface area contributed by atoms with E-state index in [0.717, 1.165) is 4.88 Å². The molecule has 1 amide bonds. The molecule has 0 bridgehead atoms. The van der Waals surface area contributed by atoms with Crippen LogP contribution in [0.25, 0.3) is 0 Å². The third-order valence-corrected chi connectivity index (χ3v) is 4.56. The molecule has 1 atom stereocenters.